The Labute approximate surface area is 178 Å². The number of nitrogens with zero attached hydrogens (tertiary/aromatic N) is 4. The predicted octanol–water partition coefficient (Wildman–Crippen LogP) is 3.57. The van der Waals surface area contributed by atoms with E-state index in [1.807, 2.05) is 19.1 Å². The summed E-state index contributed by atoms with van der Waals surface area (Å²) < 4.78 is 14.8. The van der Waals surface area contributed by atoms with Crippen LogP contribution in [0.3, 0.4) is 0 Å². The summed E-state index contributed by atoms with van der Waals surface area (Å²) in [5, 5.41) is 4.94. The van der Waals surface area contributed by atoms with Gasteiger partial charge in [-0.2, -0.15) is 5.10 Å². The maximum atomic E-state index is 13.1. The highest BCUT2D eigenvalue weighted by molar-refractivity contribution is 6.30. The van der Waals surface area contributed by atoms with Crippen molar-refractivity contribution in [3.05, 3.63) is 82.4 Å². The van der Waals surface area contributed by atoms with E-state index in [1.54, 1.807) is 32.8 Å². The maximum Gasteiger partial charge on any atom is 0.257 e. The van der Waals surface area contributed by atoms with Gasteiger partial charge >= 0.3 is 0 Å². The largest absolute Gasteiger partial charge is 0.335 e. The molecule has 3 aromatic rings. The van der Waals surface area contributed by atoms with Gasteiger partial charge in [0, 0.05) is 36.8 Å². The lowest BCUT2D eigenvalue weighted by Crippen LogP contribution is -2.50. The molecule has 0 saturated carbocycles. The first-order chi connectivity index (χ1) is 14.4. The van der Waals surface area contributed by atoms with Crippen LogP contribution in [0.1, 0.15) is 26.4 Å². The van der Waals surface area contributed by atoms with E-state index in [2.05, 4.69) is 5.10 Å². The highest BCUT2D eigenvalue weighted by atomic mass is 35.5. The Kier molecular flexibility index (Phi) is 5.55. The van der Waals surface area contributed by atoms with Gasteiger partial charge in [-0.3, -0.25) is 9.59 Å². The number of hydrogen-bond acceptors (Lipinski definition) is 3. The van der Waals surface area contributed by atoms with Crippen LogP contribution in [0.25, 0.3) is 5.69 Å². The Bertz CT molecular complexity index is 1090. The molecule has 1 fully saturated rings. The zero-order chi connectivity index (χ0) is 21.3. The average molecular weight is 427 g/mol. The SMILES string of the molecule is Cc1c(C(=O)N2CCN(C(=O)c3ccc(F)cc3)CC2)cnn1-c1cccc(Cl)c1. The number of piperazine rings is 1. The number of carbonyl (C=O) groups is 2. The number of amides is 2. The molecular weight excluding hydrogens is 407 g/mol. The van der Waals surface area contributed by atoms with Crippen molar-refractivity contribution in [1.82, 2.24) is 19.6 Å². The fraction of sp³-hybridized carbons (Fsp3) is 0.227. The molecule has 0 spiro atoms. The van der Waals surface area contributed by atoms with Crippen LogP contribution in [0.5, 0.6) is 0 Å². The molecule has 0 aliphatic carbocycles. The first-order valence-corrected chi connectivity index (χ1v) is 9.96. The zero-order valence-corrected chi connectivity index (χ0v) is 17.1. The third-order valence-electron chi connectivity index (χ3n) is 5.24. The monoisotopic (exact) mass is 426 g/mol. The zero-order valence-electron chi connectivity index (χ0n) is 16.4. The average Bonchev–Trinajstić information content (AvgIpc) is 3.14. The van der Waals surface area contributed by atoms with Crippen LogP contribution in [0.2, 0.25) is 5.02 Å². The minimum Gasteiger partial charge on any atom is -0.335 e. The second-order valence-corrected chi connectivity index (χ2v) is 7.56. The van der Waals surface area contributed by atoms with Gasteiger partial charge in [0.2, 0.25) is 0 Å². The molecule has 0 bridgehead atoms. The van der Waals surface area contributed by atoms with Crippen molar-refractivity contribution in [1.29, 1.82) is 0 Å². The molecule has 154 valence electrons. The summed E-state index contributed by atoms with van der Waals surface area (Å²) in [6, 6.07) is 12.8. The second kappa shape index (κ2) is 8.28. The smallest absolute Gasteiger partial charge is 0.257 e. The summed E-state index contributed by atoms with van der Waals surface area (Å²) in [6.07, 6.45) is 1.56. The van der Waals surface area contributed by atoms with Crippen molar-refractivity contribution >= 4 is 23.4 Å². The highest BCUT2D eigenvalue weighted by Crippen LogP contribution is 2.20. The predicted molar refractivity (Wildman–Crippen MR) is 112 cm³/mol. The van der Waals surface area contributed by atoms with Crippen molar-refractivity contribution in [2.45, 2.75) is 6.92 Å². The van der Waals surface area contributed by atoms with Crippen molar-refractivity contribution in [2.24, 2.45) is 0 Å². The van der Waals surface area contributed by atoms with Crippen molar-refractivity contribution < 1.29 is 14.0 Å². The lowest BCUT2D eigenvalue weighted by atomic mass is 10.1. The van der Waals surface area contributed by atoms with E-state index in [9.17, 15) is 14.0 Å². The van der Waals surface area contributed by atoms with E-state index in [4.69, 9.17) is 11.6 Å². The molecule has 0 atom stereocenters. The molecule has 0 unspecified atom stereocenters. The van der Waals surface area contributed by atoms with E-state index in [0.717, 1.165) is 11.4 Å². The van der Waals surface area contributed by atoms with Crippen LogP contribution in [0, 0.1) is 12.7 Å². The van der Waals surface area contributed by atoms with E-state index in [1.165, 1.54) is 24.3 Å². The van der Waals surface area contributed by atoms with Crippen LogP contribution >= 0.6 is 11.6 Å². The maximum absolute atomic E-state index is 13.1. The molecule has 1 aromatic heterocycles. The van der Waals surface area contributed by atoms with Crippen molar-refractivity contribution in [3.8, 4) is 5.69 Å². The fourth-order valence-corrected chi connectivity index (χ4v) is 3.73. The summed E-state index contributed by atoms with van der Waals surface area (Å²) in [5.41, 5.74) is 2.48. The number of benzene rings is 2. The topological polar surface area (TPSA) is 58.4 Å². The summed E-state index contributed by atoms with van der Waals surface area (Å²) in [5.74, 6) is -0.655. The summed E-state index contributed by atoms with van der Waals surface area (Å²) in [6.45, 7) is 3.53. The van der Waals surface area contributed by atoms with Gasteiger partial charge in [-0.25, -0.2) is 9.07 Å². The normalized spacial score (nSPS) is 14.1. The first-order valence-electron chi connectivity index (χ1n) is 9.59. The Hall–Kier alpha value is -3.19. The van der Waals surface area contributed by atoms with Crippen molar-refractivity contribution in [3.63, 3.8) is 0 Å². The lowest BCUT2D eigenvalue weighted by molar-refractivity contribution is 0.0535. The Morgan fingerprint density at radius 1 is 0.967 bits per heavy atom. The third kappa shape index (κ3) is 3.93. The molecule has 2 heterocycles. The van der Waals surface area contributed by atoms with E-state index in [-0.39, 0.29) is 17.6 Å². The molecule has 4 rings (SSSR count). The number of hydrogen-bond donors (Lipinski definition) is 0. The molecule has 1 saturated heterocycles. The van der Waals surface area contributed by atoms with Gasteiger partial charge in [0.15, 0.2) is 0 Å². The van der Waals surface area contributed by atoms with Gasteiger partial charge in [-0.05, 0) is 49.4 Å². The standard InChI is InChI=1S/C22H20ClFN4O2/c1-15-20(14-25-28(15)19-4-2-3-17(23)13-19)22(30)27-11-9-26(10-12-27)21(29)16-5-7-18(24)8-6-16/h2-8,13-14H,9-12H2,1H3. The third-order valence-corrected chi connectivity index (χ3v) is 5.47. The Morgan fingerprint density at radius 2 is 1.60 bits per heavy atom. The minimum absolute atomic E-state index is 0.116. The second-order valence-electron chi connectivity index (χ2n) is 7.13. The van der Waals surface area contributed by atoms with Crippen LogP contribution in [-0.4, -0.2) is 57.6 Å². The van der Waals surface area contributed by atoms with Gasteiger partial charge in [-0.1, -0.05) is 17.7 Å². The van der Waals surface area contributed by atoms with Gasteiger partial charge in [-0.15, -0.1) is 0 Å². The molecule has 8 heteroatoms. The minimum atomic E-state index is -0.379. The quantitative estimate of drug-likeness (QED) is 0.643. The van der Waals surface area contributed by atoms with E-state index >= 15 is 0 Å². The van der Waals surface area contributed by atoms with E-state index < -0.39 is 0 Å². The Balaban J connectivity index is 1.43. The molecule has 1 aliphatic rings. The molecule has 0 radical (unpaired) electrons. The summed E-state index contributed by atoms with van der Waals surface area (Å²) in [4.78, 5) is 29.0. The number of aromatic nitrogens is 2. The molecule has 6 nitrogen and oxygen atoms in total. The molecule has 1 aliphatic heterocycles. The van der Waals surface area contributed by atoms with Crippen LogP contribution in [0.4, 0.5) is 4.39 Å². The number of halogens is 2. The molecule has 0 N–H and O–H groups in total. The highest BCUT2D eigenvalue weighted by Gasteiger charge is 2.27. The van der Waals surface area contributed by atoms with Crippen LogP contribution in [-0.2, 0) is 0 Å². The Morgan fingerprint density at radius 3 is 2.23 bits per heavy atom. The molecule has 2 aromatic carbocycles. The fourth-order valence-electron chi connectivity index (χ4n) is 3.55. The van der Waals surface area contributed by atoms with E-state index in [0.29, 0.717) is 42.3 Å². The number of carbonyl (C=O) groups excluding carboxylic acids is 2. The van der Waals surface area contributed by atoms with Gasteiger partial charge in [0.1, 0.15) is 5.82 Å². The van der Waals surface area contributed by atoms with Crippen LogP contribution < -0.4 is 0 Å². The number of rotatable bonds is 3. The lowest BCUT2D eigenvalue weighted by Gasteiger charge is -2.34. The van der Waals surface area contributed by atoms with Crippen molar-refractivity contribution in [2.75, 3.05) is 26.2 Å². The molecule has 2 amide bonds. The van der Waals surface area contributed by atoms with Gasteiger partial charge in [0.05, 0.1) is 23.1 Å². The first kappa shape index (κ1) is 20.1. The molecule has 30 heavy (non-hydrogen) atoms. The van der Waals surface area contributed by atoms with Gasteiger partial charge in [0.25, 0.3) is 11.8 Å². The summed E-state index contributed by atoms with van der Waals surface area (Å²) in [7, 11) is 0. The van der Waals surface area contributed by atoms with Crippen LogP contribution in [0.15, 0.2) is 54.7 Å². The molecular formula is C22H20ClFN4O2. The van der Waals surface area contributed by atoms with Gasteiger partial charge < -0.3 is 9.80 Å². The summed E-state index contributed by atoms with van der Waals surface area (Å²) >= 11 is 6.06.